The fourth-order valence-electron chi connectivity index (χ4n) is 3.99. The Kier molecular flexibility index (Phi) is 4.21. The SMILES string of the molecule is CCC1CNC2(CCCCC2)CN1c1ccc(F)c(C)c1. The van der Waals surface area contributed by atoms with Crippen LogP contribution in [-0.2, 0) is 0 Å². The molecule has 2 nitrogen and oxygen atoms in total. The van der Waals surface area contributed by atoms with E-state index in [-0.39, 0.29) is 11.4 Å². The smallest absolute Gasteiger partial charge is 0.126 e. The van der Waals surface area contributed by atoms with Crippen molar-refractivity contribution < 1.29 is 4.39 Å². The molecule has 0 aromatic heterocycles. The molecule has 2 aliphatic rings. The van der Waals surface area contributed by atoms with Gasteiger partial charge in [0, 0.05) is 30.4 Å². The first-order valence-electron chi connectivity index (χ1n) is 8.41. The number of nitrogens with one attached hydrogen (secondary N) is 1. The molecule has 0 radical (unpaired) electrons. The van der Waals surface area contributed by atoms with Gasteiger partial charge in [-0.2, -0.15) is 0 Å². The minimum Gasteiger partial charge on any atom is -0.365 e. The van der Waals surface area contributed by atoms with Crippen molar-refractivity contribution in [1.82, 2.24) is 5.32 Å². The third-order valence-electron chi connectivity index (χ3n) is 5.38. The van der Waals surface area contributed by atoms with Crippen molar-refractivity contribution in [2.24, 2.45) is 0 Å². The van der Waals surface area contributed by atoms with E-state index in [2.05, 4.69) is 17.1 Å². The third kappa shape index (κ3) is 2.94. The van der Waals surface area contributed by atoms with E-state index in [9.17, 15) is 4.39 Å². The summed E-state index contributed by atoms with van der Waals surface area (Å²) in [6, 6.07) is 6.10. The van der Waals surface area contributed by atoms with Gasteiger partial charge in [-0.3, -0.25) is 0 Å². The number of anilines is 1. The lowest BCUT2D eigenvalue weighted by atomic mass is 9.79. The number of hydrogen-bond acceptors (Lipinski definition) is 2. The van der Waals surface area contributed by atoms with Crippen LogP contribution in [0.15, 0.2) is 18.2 Å². The molecule has 1 saturated carbocycles. The summed E-state index contributed by atoms with van der Waals surface area (Å²) in [6.07, 6.45) is 7.72. The fourth-order valence-corrected chi connectivity index (χ4v) is 3.99. The molecule has 2 fully saturated rings. The molecule has 1 aliphatic carbocycles. The van der Waals surface area contributed by atoms with Gasteiger partial charge in [-0.15, -0.1) is 0 Å². The molecule has 1 aromatic carbocycles. The molecular weight excluding hydrogens is 263 g/mol. The Bertz CT molecular complexity index is 494. The van der Waals surface area contributed by atoms with Crippen molar-refractivity contribution >= 4 is 5.69 Å². The Hall–Kier alpha value is -1.09. The highest BCUT2D eigenvalue weighted by Gasteiger charge is 2.39. The lowest BCUT2D eigenvalue weighted by Gasteiger charge is -2.50. The Balaban J connectivity index is 1.86. The van der Waals surface area contributed by atoms with Crippen LogP contribution in [0.2, 0.25) is 0 Å². The van der Waals surface area contributed by atoms with Crippen molar-refractivity contribution in [3.8, 4) is 0 Å². The van der Waals surface area contributed by atoms with Gasteiger partial charge >= 0.3 is 0 Å². The van der Waals surface area contributed by atoms with Crippen molar-refractivity contribution in [3.63, 3.8) is 0 Å². The minimum absolute atomic E-state index is 0.102. The predicted molar refractivity (Wildman–Crippen MR) is 86.4 cm³/mol. The van der Waals surface area contributed by atoms with E-state index in [1.165, 1.54) is 37.8 Å². The van der Waals surface area contributed by atoms with Gasteiger partial charge in [0.25, 0.3) is 0 Å². The van der Waals surface area contributed by atoms with E-state index in [0.29, 0.717) is 6.04 Å². The van der Waals surface area contributed by atoms with E-state index < -0.39 is 0 Å². The zero-order valence-corrected chi connectivity index (χ0v) is 13.3. The van der Waals surface area contributed by atoms with Gasteiger partial charge in [0.1, 0.15) is 5.82 Å². The molecule has 21 heavy (non-hydrogen) atoms. The maximum Gasteiger partial charge on any atom is 0.126 e. The van der Waals surface area contributed by atoms with E-state index in [4.69, 9.17) is 0 Å². The summed E-state index contributed by atoms with van der Waals surface area (Å²) in [7, 11) is 0. The molecule has 1 N–H and O–H groups in total. The Labute approximate surface area is 127 Å². The van der Waals surface area contributed by atoms with Gasteiger partial charge in [-0.1, -0.05) is 26.2 Å². The maximum absolute atomic E-state index is 13.6. The van der Waals surface area contributed by atoms with Crippen LogP contribution < -0.4 is 10.2 Å². The largest absolute Gasteiger partial charge is 0.365 e. The van der Waals surface area contributed by atoms with Gasteiger partial charge in [0.05, 0.1) is 0 Å². The second-order valence-corrected chi connectivity index (χ2v) is 6.85. The number of benzene rings is 1. The molecule has 3 rings (SSSR count). The molecular formula is C18H27FN2. The lowest BCUT2D eigenvalue weighted by molar-refractivity contribution is 0.196. The van der Waals surface area contributed by atoms with Gasteiger partial charge in [0.2, 0.25) is 0 Å². The summed E-state index contributed by atoms with van der Waals surface area (Å²) in [5.74, 6) is -0.102. The van der Waals surface area contributed by atoms with E-state index in [1.54, 1.807) is 6.07 Å². The average Bonchev–Trinajstić information content (AvgIpc) is 2.51. The number of hydrogen-bond donors (Lipinski definition) is 1. The highest BCUT2D eigenvalue weighted by Crippen LogP contribution is 2.34. The minimum atomic E-state index is -0.102. The molecule has 116 valence electrons. The zero-order chi connectivity index (χ0) is 14.9. The Morgan fingerprint density at radius 3 is 2.71 bits per heavy atom. The molecule has 1 spiro atoms. The molecule has 1 aromatic rings. The quantitative estimate of drug-likeness (QED) is 0.885. The van der Waals surface area contributed by atoms with Gasteiger partial charge in [-0.05, 0) is 49.9 Å². The summed E-state index contributed by atoms with van der Waals surface area (Å²) in [5, 5.41) is 3.85. The molecule has 0 bridgehead atoms. The summed E-state index contributed by atoms with van der Waals surface area (Å²) in [6.45, 7) is 6.22. The molecule has 1 unspecified atom stereocenters. The monoisotopic (exact) mass is 290 g/mol. The van der Waals surface area contributed by atoms with Crippen molar-refractivity contribution in [1.29, 1.82) is 0 Å². The first-order valence-corrected chi connectivity index (χ1v) is 8.41. The van der Waals surface area contributed by atoms with Crippen LogP contribution in [0, 0.1) is 12.7 Å². The normalized spacial score (nSPS) is 25.3. The maximum atomic E-state index is 13.6. The van der Waals surface area contributed by atoms with E-state index in [1.807, 2.05) is 19.1 Å². The Morgan fingerprint density at radius 2 is 2.05 bits per heavy atom. The second kappa shape index (κ2) is 5.96. The molecule has 0 amide bonds. The van der Waals surface area contributed by atoms with E-state index in [0.717, 1.165) is 25.1 Å². The van der Waals surface area contributed by atoms with Crippen molar-refractivity contribution in [2.75, 3.05) is 18.0 Å². The molecule has 3 heteroatoms. The van der Waals surface area contributed by atoms with E-state index >= 15 is 0 Å². The summed E-state index contributed by atoms with van der Waals surface area (Å²) < 4.78 is 13.6. The van der Waals surface area contributed by atoms with Crippen LogP contribution in [0.1, 0.15) is 51.0 Å². The molecule has 1 aliphatic heterocycles. The lowest BCUT2D eigenvalue weighted by Crippen LogP contribution is -2.65. The fraction of sp³-hybridized carbons (Fsp3) is 0.667. The molecule has 1 saturated heterocycles. The van der Waals surface area contributed by atoms with Gasteiger partial charge < -0.3 is 10.2 Å². The first kappa shape index (κ1) is 14.8. The number of piperazine rings is 1. The predicted octanol–water partition coefficient (Wildman–Crippen LogP) is 4.03. The topological polar surface area (TPSA) is 15.3 Å². The third-order valence-corrected chi connectivity index (χ3v) is 5.38. The summed E-state index contributed by atoms with van der Waals surface area (Å²) in [5.41, 5.74) is 2.22. The van der Waals surface area contributed by atoms with Crippen LogP contribution in [-0.4, -0.2) is 24.7 Å². The van der Waals surface area contributed by atoms with Crippen molar-refractivity contribution in [2.45, 2.75) is 64.0 Å². The zero-order valence-electron chi connectivity index (χ0n) is 13.3. The average molecular weight is 290 g/mol. The standard InChI is InChI=1S/C18H27FN2/c1-3-15-12-20-18(9-5-4-6-10-18)13-21(15)16-7-8-17(19)14(2)11-16/h7-8,11,15,20H,3-6,9-10,12-13H2,1-2H3. The number of aryl methyl sites for hydroxylation is 1. The molecule has 1 atom stereocenters. The van der Waals surface area contributed by atoms with Crippen molar-refractivity contribution in [3.05, 3.63) is 29.6 Å². The van der Waals surface area contributed by atoms with Crippen LogP contribution in [0.5, 0.6) is 0 Å². The summed E-state index contributed by atoms with van der Waals surface area (Å²) >= 11 is 0. The number of nitrogens with zero attached hydrogens (tertiary/aromatic N) is 1. The summed E-state index contributed by atoms with van der Waals surface area (Å²) in [4.78, 5) is 2.52. The van der Waals surface area contributed by atoms with Gasteiger partial charge in [0.15, 0.2) is 0 Å². The van der Waals surface area contributed by atoms with Crippen LogP contribution >= 0.6 is 0 Å². The highest BCUT2D eigenvalue weighted by atomic mass is 19.1. The van der Waals surface area contributed by atoms with Crippen LogP contribution in [0.4, 0.5) is 10.1 Å². The highest BCUT2D eigenvalue weighted by molar-refractivity contribution is 5.51. The number of rotatable bonds is 2. The second-order valence-electron chi connectivity index (χ2n) is 6.85. The van der Waals surface area contributed by atoms with Gasteiger partial charge in [-0.25, -0.2) is 4.39 Å². The Morgan fingerprint density at radius 1 is 1.29 bits per heavy atom. The molecule has 1 heterocycles. The van der Waals surface area contributed by atoms with Crippen LogP contribution in [0.25, 0.3) is 0 Å². The van der Waals surface area contributed by atoms with Crippen LogP contribution in [0.3, 0.4) is 0 Å². The first-order chi connectivity index (χ1) is 10.1. The number of halogens is 1.